The van der Waals surface area contributed by atoms with E-state index in [9.17, 15) is 13.2 Å². The van der Waals surface area contributed by atoms with Crippen LogP contribution in [0.1, 0.15) is 18.3 Å². The molecule has 0 amide bonds. The molecule has 0 atom stereocenters. The first-order valence-corrected chi connectivity index (χ1v) is 12.8. The van der Waals surface area contributed by atoms with Crippen molar-refractivity contribution in [3.05, 3.63) is 59.9 Å². The summed E-state index contributed by atoms with van der Waals surface area (Å²) in [4.78, 5) is 13.2. The Kier molecular flexibility index (Phi) is 9.06. The first-order chi connectivity index (χ1) is 15.0. The zero-order valence-corrected chi connectivity index (χ0v) is 20.7. The highest BCUT2D eigenvalue weighted by Crippen LogP contribution is 2.17. The maximum atomic E-state index is 11.0. The molecule has 9 heteroatoms. The van der Waals surface area contributed by atoms with Gasteiger partial charge in [0.15, 0.2) is 16.1 Å². The van der Waals surface area contributed by atoms with Gasteiger partial charge in [0, 0.05) is 38.0 Å². The summed E-state index contributed by atoms with van der Waals surface area (Å²) in [5.74, 6) is 1.96. The van der Waals surface area contributed by atoms with Gasteiger partial charge in [-0.3, -0.25) is 9.35 Å². The van der Waals surface area contributed by atoms with E-state index >= 15 is 0 Å². The number of hydrogen-bond donors (Lipinski definition) is 1. The second-order valence-corrected chi connectivity index (χ2v) is 10.1. The van der Waals surface area contributed by atoms with Crippen molar-refractivity contribution >= 4 is 55.9 Å². The van der Waals surface area contributed by atoms with Crippen LogP contribution in [0.3, 0.4) is 0 Å². The van der Waals surface area contributed by atoms with Crippen molar-refractivity contribution < 1.29 is 22.3 Å². The van der Waals surface area contributed by atoms with Gasteiger partial charge < -0.3 is 4.90 Å². The zero-order chi connectivity index (χ0) is 23.9. The number of nitrogens with zero attached hydrogens (tertiary/aromatic N) is 3. The molecule has 0 aliphatic heterocycles. The SMILES string of the molecule is CC(=O)SCCN(C)c1ccc(C=Cc2n(C)c3ccccc3[n+]2C)cc1.CS(=O)(=O)O. The lowest BCUT2D eigenvalue weighted by atomic mass is 10.2. The van der Waals surface area contributed by atoms with Crippen LogP contribution in [0.4, 0.5) is 5.69 Å². The van der Waals surface area contributed by atoms with Gasteiger partial charge in [-0.15, -0.1) is 0 Å². The van der Waals surface area contributed by atoms with Crippen LogP contribution in [0.25, 0.3) is 23.2 Å². The normalized spacial score (nSPS) is 11.4. The number of benzene rings is 2. The predicted octanol–water partition coefficient (Wildman–Crippen LogP) is 3.39. The zero-order valence-electron chi connectivity index (χ0n) is 19.0. The molecule has 0 radical (unpaired) electrons. The van der Waals surface area contributed by atoms with Crippen molar-refractivity contribution in [2.45, 2.75) is 6.92 Å². The number of para-hydroxylation sites is 2. The van der Waals surface area contributed by atoms with Gasteiger partial charge in [0.05, 0.1) is 20.4 Å². The van der Waals surface area contributed by atoms with Crippen LogP contribution in [0, 0.1) is 0 Å². The van der Waals surface area contributed by atoms with E-state index in [0.29, 0.717) is 6.26 Å². The largest absolute Gasteiger partial charge is 0.374 e. The van der Waals surface area contributed by atoms with Crippen LogP contribution < -0.4 is 9.47 Å². The minimum Gasteiger partial charge on any atom is -0.374 e. The number of anilines is 1. The number of imidazole rings is 1. The minimum atomic E-state index is -3.67. The summed E-state index contributed by atoms with van der Waals surface area (Å²) in [6.07, 6.45) is 5.01. The molecule has 32 heavy (non-hydrogen) atoms. The number of carbonyl (C=O) groups excluding carboxylic acids is 1. The molecule has 0 fully saturated rings. The van der Waals surface area contributed by atoms with Crippen molar-refractivity contribution in [3.8, 4) is 0 Å². The van der Waals surface area contributed by atoms with Crippen molar-refractivity contribution in [2.24, 2.45) is 14.1 Å². The summed E-state index contributed by atoms with van der Waals surface area (Å²) in [7, 11) is 2.58. The van der Waals surface area contributed by atoms with E-state index in [1.165, 1.54) is 22.8 Å². The summed E-state index contributed by atoms with van der Waals surface area (Å²) in [6, 6.07) is 16.9. The van der Waals surface area contributed by atoms with E-state index in [0.717, 1.165) is 29.4 Å². The van der Waals surface area contributed by atoms with Gasteiger partial charge in [0.1, 0.15) is 0 Å². The van der Waals surface area contributed by atoms with Crippen LogP contribution in [0.5, 0.6) is 0 Å². The van der Waals surface area contributed by atoms with Crippen LogP contribution in [0.2, 0.25) is 0 Å². The molecular formula is C23H30N3O4S2+. The highest BCUT2D eigenvalue weighted by molar-refractivity contribution is 8.13. The van der Waals surface area contributed by atoms with E-state index in [1.807, 2.05) is 0 Å². The van der Waals surface area contributed by atoms with Crippen molar-refractivity contribution in [3.63, 3.8) is 0 Å². The fourth-order valence-corrected chi connectivity index (χ4v) is 3.85. The molecule has 2 aromatic carbocycles. The third-order valence-corrected chi connectivity index (χ3v) is 5.58. The summed E-state index contributed by atoms with van der Waals surface area (Å²) in [5.41, 5.74) is 4.77. The van der Waals surface area contributed by atoms with Crippen LogP contribution in [0.15, 0.2) is 48.5 Å². The molecule has 3 rings (SSSR count). The van der Waals surface area contributed by atoms with Crippen LogP contribution in [-0.2, 0) is 29.0 Å². The number of hydrogen-bond acceptors (Lipinski definition) is 5. The van der Waals surface area contributed by atoms with Crippen molar-refractivity contribution in [1.29, 1.82) is 0 Å². The Balaban J connectivity index is 0.000000654. The highest BCUT2D eigenvalue weighted by Gasteiger charge is 2.16. The molecule has 172 valence electrons. The van der Waals surface area contributed by atoms with Gasteiger partial charge in [-0.2, -0.15) is 8.42 Å². The molecule has 0 bridgehead atoms. The Morgan fingerprint density at radius 3 is 2.31 bits per heavy atom. The maximum Gasteiger partial charge on any atom is 0.281 e. The smallest absolute Gasteiger partial charge is 0.281 e. The minimum absolute atomic E-state index is 0.172. The number of thioether (sulfide) groups is 1. The molecule has 0 spiro atoms. The third-order valence-electron chi connectivity index (χ3n) is 4.78. The molecule has 1 heterocycles. The van der Waals surface area contributed by atoms with E-state index in [4.69, 9.17) is 4.55 Å². The average molecular weight is 477 g/mol. The van der Waals surface area contributed by atoms with Crippen molar-refractivity contribution in [2.75, 3.05) is 30.5 Å². The highest BCUT2D eigenvalue weighted by atomic mass is 32.2. The molecule has 3 aromatic rings. The molecule has 1 N–H and O–H groups in total. The fourth-order valence-electron chi connectivity index (χ4n) is 3.19. The number of aryl methyl sites for hydroxylation is 2. The average Bonchev–Trinajstić information content (AvgIpc) is 2.96. The summed E-state index contributed by atoms with van der Waals surface area (Å²) < 4.78 is 30.3. The van der Waals surface area contributed by atoms with Crippen LogP contribution >= 0.6 is 11.8 Å². The number of aromatic nitrogens is 2. The Hall–Kier alpha value is -2.62. The number of carbonyl (C=O) groups is 1. The van der Waals surface area contributed by atoms with Gasteiger partial charge in [-0.25, -0.2) is 9.13 Å². The lowest BCUT2D eigenvalue weighted by Gasteiger charge is -2.18. The van der Waals surface area contributed by atoms with E-state index in [-0.39, 0.29) is 5.12 Å². The molecule has 0 aliphatic rings. The lowest BCUT2D eigenvalue weighted by molar-refractivity contribution is -0.647. The summed E-state index contributed by atoms with van der Waals surface area (Å²) in [5, 5.41) is 0.172. The van der Waals surface area contributed by atoms with Gasteiger partial charge in [0.2, 0.25) is 0 Å². The lowest BCUT2D eigenvalue weighted by Crippen LogP contribution is -2.30. The molecule has 0 saturated heterocycles. The number of rotatable bonds is 6. The van der Waals surface area contributed by atoms with Crippen molar-refractivity contribution in [1.82, 2.24) is 4.57 Å². The number of fused-ring (bicyclic) bond motifs is 1. The first-order valence-electron chi connectivity index (χ1n) is 9.96. The molecule has 0 aliphatic carbocycles. The monoisotopic (exact) mass is 476 g/mol. The Morgan fingerprint density at radius 1 is 1.16 bits per heavy atom. The Morgan fingerprint density at radius 2 is 1.75 bits per heavy atom. The van der Waals surface area contributed by atoms with E-state index in [1.54, 1.807) is 6.92 Å². The van der Waals surface area contributed by atoms with Gasteiger partial charge >= 0.3 is 0 Å². The molecule has 0 saturated carbocycles. The second-order valence-electron chi connectivity index (χ2n) is 7.38. The third kappa shape index (κ3) is 7.81. The molecule has 7 nitrogen and oxygen atoms in total. The fraction of sp³-hybridized carbons (Fsp3) is 0.304. The molecular weight excluding hydrogens is 446 g/mol. The van der Waals surface area contributed by atoms with Gasteiger partial charge in [-0.05, 0) is 35.9 Å². The van der Waals surface area contributed by atoms with Gasteiger partial charge in [-0.1, -0.05) is 36.0 Å². The molecule has 0 unspecified atom stereocenters. The van der Waals surface area contributed by atoms with E-state index < -0.39 is 10.1 Å². The molecule has 1 aromatic heterocycles. The Labute approximate surface area is 194 Å². The predicted molar refractivity (Wildman–Crippen MR) is 133 cm³/mol. The maximum absolute atomic E-state index is 11.0. The second kappa shape index (κ2) is 11.3. The van der Waals surface area contributed by atoms with Gasteiger partial charge in [0.25, 0.3) is 15.9 Å². The summed E-state index contributed by atoms with van der Waals surface area (Å²) >= 11 is 1.37. The quantitative estimate of drug-likeness (QED) is 0.434. The van der Waals surface area contributed by atoms with E-state index in [2.05, 4.69) is 95.9 Å². The topological polar surface area (TPSA) is 83.5 Å². The first kappa shape index (κ1) is 25.6. The summed E-state index contributed by atoms with van der Waals surface area (Å²) in [6.45, 7) is 2.47. The van der Waals surface area contributed by atoms with Crippen LogP contribution in [-0.4, -0.2) is 48.3 Å². The standard InChI is InChI=1S/C22H26N3OS.CH4O3S/c1-17(26)27-16-15-23(2)19-12-9-18(10-13-19)11-14-22-24(3)20-7-5-6-8-21(20)25(22)4;1-5(2,3)4/h5-14H,15-16H2,1-4H3;1H3,(H,2,3,4)/q+1;. The Bertz CT molecular complexity index is 1150.